The highest BCUT2D eigenvalue weighted by Crippen LogP contribution is 2.43. The van der Waals surface area contributed by atoms with Gasteiger partial charge in [-0.05, 0) is 122 Å². The molecule has 0 spiro atoms. The van der Waals surface area contributed by atoms with Crippen LogP contribution in [0.15, 0.2) is 85.1 Å². The topological polar surface area (TPSA) is 155 Å². The lowest BCUT2D eigenvalue weighted by Gasteiger charge is -2.21. The van der Waals surface area contributed by atoms with E-state index in [1.165, 1.54) is 122 Å². The van der Waals surface area contributed by atoms with E-state index >= 15 is 0 Å². The van der Waals surface area contributed by atoms with Crippen molar-refractivity contribution in [3.05, 3.63) is 85.1 Å². The number of aliphatic hydroxyl groups is 1. The third-order valence-corrected chi connectivity index (χ3v) is 15.2. The average molecular weight is 1170 g/mol. The Labute approximate surface area is 502 Å². The number of carbonyl (C=O) groups excluding carboxylic acids is 3. The van der Waals surface area contributed by atoms with Gasteiger partial charge in [0.15, 0.2) is 6.10 Å². The Hall–Kier alpha value is -3.34. The van der Waals surface area contributed by atoms with Crippen molar-refractivity contribution >= 4 is 25.7 Å². The third kappa shape index (κ3) is 61.2. The third-order valence-electron chi connectivity index (χ3n) is 14.3. The van der Waals surface area contributed by atoms with E-state index in [4.69, 9.17) is 23.3 Å². The number of aliphatic hydroxyl groups excluding tert-OH is 1. The van der Waals surface area contributed by atoms with Crippen LogP contribution in [0.1, 0.15) is 303 Å². The number of allylic oxidation sites excluding steroid dienone is 14. The van der Waals surface area contributed by atoms with E-state index < -0.39 is 57.8 Å². The summed E-state index contributed by atoms with van der Waals surface area (Å²) in [5.41, 5.74) is 0. The normalized spacial score (nSPS) is 13.8. The summed E-state index contributed by atoms with van der Waals surface area (Å²) in [6.07, 6.45) is 75.2. The number of rotatable bonds is 62. The van der Waals surface area contributed by atoms with E-state index in [1.54, 1.807) is 0 Å². The zero-order chi connectivity index (χ0) is 59.8. The molecule has 82 heavy (non-hydrogen) atoms. The van der Waals surface area contributed by atoms with E-state index in [0.29, 0.717) is 19.3 Å². The summed E-state index contributed by atoms with van der Waals surface area (Å²) < 4.78 is 39.7. The standard InChI is InChI=1S/C70H123O11P/c1-4-7-10-13-16-19-22-25-28-31-33-36-38-41-44-47-50-53-56-59-68(72)77-63-67(81-70(74)61-58-55-52-49-46-43-40-37-34-32-29-26-23-20-17-14-11-8-5-2)65-79-82(75,76)78-64-66(62-71)80-69(73)60-57-54-51-48-45-42-39-35-30-27-24-21-18-15-12-9-6-3/h16-21,25-30,34,37,66-67,71H,4-15,22-24,31-33,35-36,38-65H2,1-3H3,(H,75,76)/b19-16-,20-17-,21-18-,28-25-,29-26-,30-27-,37-34-. The summed E-state index contributed by atoms with van der Waals surface area (Å²) in [6.45, 7) is 4.58. The Morgan fingerprint density at radius 2 is 0.598 bits per heavy atom. The molecule has 0 aliphatic rings. The SMILES string of the molecule is CCCCC/C=C\C/C=C\C/C=C\CCCCCCCCC(=O)OC(COC(=O)CCCCCCCCCCC/C=C\C/C=C\CCCCC)COP(=O)(O)OCC(CO)OC(=O)CCCCCCCCC/C=C\C/C=C\CCCCC. The molecule has 2 N–H and O–H groups in total. The minimum Gasteiger partial charge on any atom is -0.462 e. The number of phosphoric acid groups is 1. The predicted octanol–water partition coefficient (Wildman–Crippen LogP) is 20.6. The molecular formula is C70H123O11P. The van der Waals surface area contributed by atoms with Crippen LogP contribution in [0, 0.1) is 0 Å². The second-order valence-electron chi connectivity index (χ2n) is 22.3. The zero-order valence-electron chi connectivity index (χ0n) is 52.7. The minimum atomic E-state index is -4.77. The maximum absolute atomic E-state index is 13.0. The summed E-state index contributed by atoms with van der Waals surface area (Å²) in [5.74, 6) is -1.48. The zero-order valence-corrected chi connectivity index (χ0v) is 53.6. The molecule has 0 rings (SSSR count). The molecule has 0 aromatic carbocycles. The molecule has 0 fully saturated rings. The van der Waals surface area contributed by atoms with Crippen molar-refractivity contribution in [2.75, 3.05) is 26.4 Å². The molecule has 0 amide bonds. The van der Waals surface area contributed by atoms with Gasteiger partial charge >= 0.3 is 25.7 Å². The van der Waals surface area contributed by atoms with Gasteiger partial charge < -0.3 is 24.2 Å². The molecule has 3 atom stereocenters. The Morgan fingerprint density at radius 3 is 0.915 bits per heavy atom. The number of ether oxygens (including phenoxy) is 3. The first-order valence-electron chi connectivity index (χ1n) is 33.5. The Morgan fingerprint density at radius 1 is 0.341 bits per heavy atom. The predicted molar refractivity (Wildman–Crippen MR) is 344 cm³/mol. The maximum Gasteiger partial charge on any atom is 0.472 e. The molecule has 0 aliphatic heterocycles. The molecule has 12 heteroatoms. The van der Waals surface area contributed by atoms with Crippen LogP contribution in [0.3, 0.4) is 0 Å². The van der Waals surface area contributed by atoms with Gasteiger partial charge in [0.25, 0.3) is 0 Å². The van der Waals surface area contributed by atoms with Gasteiger partial charge in [-0.25, -0.2) is 4.57 Å². The Bertz CT molecular complexity index is 1700. The Balaban J connectivity index is 4.73. The second kappa shape index (κ2) is 63.7. The van der Waals surface area contributed by atoms with Gasteiger partial charge in [-0.1, -0.05) is 247 Å². The highest BCUT2D eigenvalue weighted by Gasteiger charge is 2.28. The highest BCUT2D eigenvalue weighted by molar-refractivity contribution is 7.47. The first kappa shape index (κ1) is 78.7. The molecule has 11 nitrogen and oxygen atoms in total. The van der Waals surface area contributed by atoms with Crippen LogP contribution in [0.5, 0.6) is 0 Å². The average Bonchev–Trinajstić information content (AvgIpc) is 3.50. The molecule has 3 unspecified atom stereocenters. The fourth-order valence-electron chi connectivity index (χ4n) is 9.13. The molecule has 0 aliphatic carbocycles. The van der Waals surface area contributed by atoms with E-state index in [2.05, 4.69) is 106 Å². The molecule has 0 aromatic rings. The van der Waals surface area contributed by atoms with Gasteiger partial charge in [-0.15, -0.1) is 0 Å². The summed E-state index contributed by atoms with van der Waals surface area (Å²) in [5, 5.41) is 9.87. The van der Waals surface area contributed by atoms with Crippen molar-refractivity contribution in [2.45, 2.75) is 315 Å². The van der Waals surface area contributed by atoms with Gasteiger partial charge in [0.2, 0.25) is 0 Å². The smallest absolute Gasteiger partial charge is 0.462 e. The van der Waals surface area contributed by atoms with Crippen molar-refractivity contribution in [1.82, 2.24) is 0 Å². The molecule has 0 radical (unpaired) electrons. The fraction of sp³-hybridized carbons (Fsp3) is 0.757. The lowest BCUT2D eigenvalue weighted by atomic mass is 10.1. The van der Waals surface area contributed by atoms with Gasteiger partial charge in [0.1, 0.15) is 12.7 Å². The summed E-state index contributed by atoms with van der Waals surface area (Å²) in [4.78, 5) is 48.8. The van der Waals surface area contributed by atoms with E-state index in [0.717, 1.165) is 122 Å². The van der Waals surface area contributed by atoms with Crippen molar-refractivity contribution in [3.8, 4) is 0 Å². The first-order valence-corrected chi connectivity index (χ1v) is 35.0. The van der Waals surface area contributed by atoms with E-state index in [1.807, 2.05) is 0 Å². The van der Waals surface area contributed by atoms with Crippen molar-refractivity contribution in [2.24, 2.45) is 0 Å². The largest absolute Gasteiger partial charge is 0.472 e. The maximum atomic E-state index is 13.0. The van der Waals surface area contributed by atoms with Crippen molar-refractivity contribution in [3.63, 3.8) is 0 Å². The molecule has 0 aromatic heterocycles. The first-order chi connectivity index (χ1) is 40.2. The second-order valence-corrected chi connectivity index (χ2v) is 23.7. The Kier molecular flexibility index (Phi) is 61.1. The van der Waals surface area contributed by atoms with Crippen molar-refractivity contribution < 1.29 is 52.2 Å². The van der Waals surface area contributed by atoms with Gasteiger partial charge in [-0.3, -0.25) is 23.4 Å². The summed E-state index contributed by atoms with van der Waals surface area (Å²) in [7, 11) is -4.77. The monoisotopic (exact) mass is 1170 g/mol. The van der Waals surface area contributed by atoms with Crippen LogP contribution in [-0.2, 0) is 42.2 Å². The van der Waals surface area contributed by atoms with E-state index in [9.17, 15) is 28.9 Å². The van der Waals surface area contributed by atoms with Gasteiger partial charge in [0, 0.05) is 19.3 Å². The lowest BCUT2D eigenvalue weighted by Crippen LogP contribution is -2.30. The van der Waals surface area contributed by atoms with Crippen LogP contribution < -0.4 is 0 Å². The minimum absolute atomic E-state index is 0.150. The van der Waals surface area contributed by atoms with E-state index in [-0.39, 0.29) is 25.9 Å². The molecular weight excluding hydrogens is 1050 g/mol. The fourth-order valence-corrected chi connectivity index (χ4v) is 9.91. The number of esters is 3. The van der Waals surface area contributed by atoms with Gasteiger partial charge in [0.05, 0.1) is 19.8 Å². The summed E-state index contributed by atoms with van der Waals surface area (Å²) >= 11 is 0. The van der Waals surface area contributed by atoms with Crippen molar-refractivity contribution in [1.29, 1.82) is 0 Å². The highest BCUT2D eigenvalue weighted by atomic mass is 31.2. The number of hydrogen-bond donors (Lipinski definition) is 2. The number of unbranched alkanes of at least 4 members (excludes halogenated alkanes) is 31. The molecule has 0 bridgehead atoms. The van der Waals surface area contributed by atoms with Crippen LogP contribution in [0.2, 0.25) is 0 Å². The molecule has 0 saturated heterocycles. The molecule has 474 valence electrons. The van der Waals surface area contributed by atoms with Crippen LogP contribution in [-0.4, -0.2) is 66.5 Å². The number of phosphoric ester groups is 1. The summed E-state index contributed by atoms with van der Waals surface area (Å²) in [6, 6.07) is 0. The van der Waals surface area contributed by atoms with Crippen LogP contribution >= 0.6 is 7.82 Å². The van der Waals surface area contributed by atoms with Crippen LogP contribution in [0.25, 0.3) is 0 Å². The van der Waals surface area contributed by atoms with Gasteiger partial charge in [-0.2, -0.15) is 0 Å². The van der Waals surface area contributed by atoms with Crippen LogP contribution in [0.4, 0.5) is 0 Å². The number of carbonyl (C=O) groups is 3. The quantitative estimate of drug-likeness (QED) is 0.0197. The molecule has 0 heterocycles. The number of hydrogen-bond acceptors (Lipinski definition) is 10. The molecule has 0 saturated carbocycles. The lowest BCUT2D eigenvalue weighted by molar-refractivity contribution is -0.161.